The van der Waals surface area contributed by atoms with Gasteiger partial charge in [-0.05, 0) is 6.92 Å². The van der Waals surface area contributed by atoms with Gasteiger partial charge in [0, 0.05) is 5.56 Å². The second kappa shape index (κ2) is 5.02. The summed E-state index contributed by atoms with van der Waals surface area (Å²) in [6.07, 6.45) is -3.00. The number of aliphatic hydroxyl groups excluding tert-OH is 3. The molecule has 0 heterocycles. The summed E-state index contributed by atoms with van der Waals surface area (Å²) in [6, 6.07) is 6.63. The van der Waals surface area contributed by atoms with Crippen LogP contribution in [0.4, 0.5) is 0 Å². The number of carbonyl (C=O) groups excluding carboxylic acids is 1. The van der Waals surface area contributed by atoms with Crippen molar-refractivity contribution in [3.8, 4) is 0 Å². The van der Waals surface area contributed by atoms with Crippen LogP contribution in [0, 0.1) is 6.92 Å². The van der Waals surface area contributed by atoms with E-state index in [4.69, 9.17) is 10.2 Å². The number of aliphatic hydroxyl groups is 3. The minimum absolute atomic E-state index is 0.320. The number of Topliss-reactive ketones (excluding diaryl/α,β-unsaturated/α-hetero) is 1. The molecule has 0 saturated heterocycles. The molecule has 0 amide bonds. The Morgan fingerprint density at radius 1 is 1.27 bits per heavy atom. The maximum absolute atomic E-state index is 11.5. The highest BCUT2D eigenvalue weighted by Gasteiger charge is 2.24. The van der Waals surface area contributed by atoms with Crippen LogP contribution in [-0.2, 0) is 0 Å². The smallest absolute Gasteiger partial charge is 0.194 e. The van der Waals surface area contributed by atoms with E-state index in [1.54, 1.807) is 24.3 Å². The average Bonchev–Trinajstić information content (AvgIpc) is 2.27. The lowest BCUT2D eigenvalue weighted by Gasteiger charge is -2.14. The maximum Gasteiger partial charge on any atom is 0.194 e. The minimum Gasteiger partial charge on any atom is -0.394 e. The molecule has 3 N–H and O–H groups in total. The molecule has 1 rings (SSSR count). The van der Waals surface area contributed by atoms with E-state index in [2.05, 4.69) is 0 Å². The van der Waals surface area contributed by atoms with E-state index >= 15 is 0 Å². The predicted octanol–water partition coefficient (Wildman–Crippen LogP) is -0.108. The summed E-state index contributed by atoms with van der Waals surface area (Å²) in [4.78, 5) is 11.5. The molecular formula is C11H14O4. The molecule has 0 aliphatic rings. The zero-order valence-electron chi connectivity index (χ0n) is 8.42. The van der Waals surface area contributed by atoms with Crippen molar-refractivity contribution >= 4 is 5.78 Å². The van der Waals surface area contributed by atoms with Gasteiger partial charge in [0.1, 0.15) is 12.2 Å². The summed E-state index contributed by atoms with van der Waals surface area (Å²) in [6.45, 7) is 1.24. The lowest BCUT2D eigenvalue weighted by atomic mass is 10.0. The second-order valence-corrected chi connectivity index (χ2v) is 3.43. The largest absolute Gasteiger partial charge is 0.394 e. The van der Waals surface area contributed by atoms with Crippen LogP contribution < -0.4 is 0 Å². The number of aryl methyl sites for hydroxylation is 1. The van der Waals surface area contributed by atoms with Crippen molar-refractivity contribution in [3.63, 3.8) is 0 Å². The van der Waals surface area contributed by atoms with Crippen molar-refractivity contribution < 1.29 is 20.1 Å². The third-order valence-electron chi connectivity index (χ3n) is 2.16. The van der Waals surface area contributed by atoms with Crippen molar-refractivity contribution in [1.29, 1.82) is 0 Å². The second-order valence-electron chi connectivity index (χ2n) is 3.43. The highest BCUT2D eigenvalue weighted by atomic mass is 16.4. The quantitative estimate of drug-likeness (QED) is 0.606. The maximum atomic E-state index is 11.5. The zero-order chi connectivity index (χ0) is 11.4. The fourth-order valence-electron chi connectivity index (χ4n) is 1.16. The van der Waals surface area contributed by atoms with Gasteiger partial charge in [-0.3, -0.25) is 4.79 Å². The van der Waals surface area contributed by atoms with E-state index in [1.807, 2.05) is 6.92 Å². The lowest BCUT2D eigenvalue weighted by molar-refractivity contribution is -0.00491. The van der Waals surface area contributed by atoms with Gasteiger partial charge in [0.05, 0.1) is 6.61 Å². The van der Waals surface area contributed by atoms with Crippen LogP contribution in [0.1, 0.15) is 15.9 Å². The van der Waals surface area contributed by atoms with E-state index in [-0.39, 0.29) is 0 Å². The predicted molar refractivity (Wildman–Crippen MR) is 54.6 cm³/mol. The molecule has 82 valence electrons. The molecule has 15 heavy (non-hydrogen) atoms. The Hall–Kier alpha value is -1.23. The van der Waals surface area contributed by atoms with Crippen LogP contribution in [0.25, 0.3) is 0 Å². The Labute approximate surface area is 87.8 Å². The third kappa shape index (κ3) is 2.86. The Bertz CT molecular complexity index is 331. The molecule has 0 spiro atoms. The van der Waals surface area contributed by atoms with Gasteiger partial charge in [-0.1, -0.05) is 29.8 Å². The van der Waals surface area contributed by atoms with Crippen LogP contribution in [0.3, 0.4) is 0 Å². The molecule has 0 fully saturated rings. The molecule has 0 aromatic heterocycles. The first-order valence-electron chi connectivity index (χ1n) is 4.64. The molecule has 0 saturated carbocycles. The first-order valence-corrected chi connectivity index (χ1v) is 4.64. The van der Waals surface area contributed by atoms with Crippen LogP contribution in [0.15, 0.2) is 24.3 Å². The first-order chi connectivity index (χ1) is 7.06. The molecule has 2 unspecified atom stereocenters. The molecule has 0 bridgehead atoms. The van der Waals surface area contributed by atoms with Crippen LogP contribution >= 0.6 is 0 Å². The van der Waals surface area contributed by atoms with E-state index in [1.165, 1.54) is 0 Å². The molecular weight excluding hydrogens is 196 g/mol. The van der Waals surface area contributed by atoms with E-state index < -0.39 is 24.6 Å². The van der Waals surface area contributed by atoms with Gasteiger partial charge in [-0.2, -0.15) is 0 Å². The van der Waals surface area contributed by atoms with Gasteiger partial charge in [0.2, 0.25) is 0 Å². The monoisotopic (exact) mass is 210 g/mol. The van der Waals surface area contributed by atoms with E-state index in [0.29, 0.717) is 5.56 Å². The van der Waals surface area contributed by atoms with Gasteiger partial charge in [0.15, 0.2) is 5.78 Å². The highest BCUT2D eigenvalue weighted by Crippen LogP contribution is 2.08. The molecule has 4 nitrogen and oxygen atoms in total. The summed E-state index contributed by atoms with van der Waals surface area (Å²) in [5, 5.41) is 27.0. The van der Waals surface area contributed by atoms with Gasteiger partial charge in [0.25, 0.3) is 0 Å². The molecule has 4 heteroatoms. The summed E-state index contributed by atoms with van der Waals surface area (Å²) in [5.41, 5.74) is 1.32. The molecule has 0 aliphatic heterocycles. The number of ketones is 1. The Kier molecular flexibility index (Phi) is 3.96. The third-order valence-corrected chi connectivity index (χ3v) is 2.16. The molecule has 1 aromatic carbocycles. The van der Waals surface area contributed by atoms with Gasteiger partial charge in [-0.25, -0.2) is 0 Å². The topological polar surface area (TPSA) is 77.8 Å². The van der Waals surface area contributed by atoms with E-state index in [9.17, 15) is 9.90 Å². The summed E-state index contributed by atoms with van der Waals surface area (Å²) in [7, 11) is 0. The van der Waals surface area contributed by atoms with Crippen molar-refractivity contribution in [2.45, 2.75) is 19.1 Å². The fourth-order valence-corrected chi connectivity index (χ4v) is 1.16. The van der Waals surface area contributed by atoms with Gasteiger partial charge in [-0.15, -0.1) is 0 Å². The standard InChI is InChI=1S/C11H14O4/c1-7-2-4-8(5-3-7)10(14)11(15)9(13)6-12/h2-5,9,11-13,15H,6H2,1H3. The summed E-state index contributed by atoms with van der Waals surface area (Å²) in [5.74, 6) is -0.587. The van der Waals surface area contributed by atoms with Crippen LogP contribution in [0.5, 0.6) is 0 Å². The minimum atomic E-state index is -1.57. The number of benzene rings is 1. The Balaban J connectivity index is 2.80. The first kappa shape index (κ1) is 11.8. The molecule has 1 aromatic rings. The Morgan fingerprint density at radius 3 is 2.27 bits per heavy atom. The van der Waals surface area contributed by atoms with Crippen LogP contribution in [-0.4, -0.2) is 39.9 Å². The fraction of sp³-hybridized carbons (Fsp3) is 0.364. The molecule has 0 radical (unpaired) electrons. The van der Waals surface area contributed by atoms with Gasteiger partial charge >= 0.3 is 0 Å². The highest BCUT2D eigenvalue weighted by molar-refractivity contribution is 5.99. The van der Waals surface area contributed by atoms with Crippen LogP contribution in [0.2, 0.25) is 0 Å². The van der Waals surface area contributed by atoms with Crippen molar-refractivity contribution in [1.82, 2.24) is 0 Å². The summed E-state index contributed by atoms with van der Waals surface area (Å²) < 4.78 is 0. The Morgan fingerprint density at radius 2 is 1.80 bits per heavy atom. The number of hydrogen-bond donors (Lipinski definition) is 3. The number of hydrogen-bond acceptors (Lipinski definition) is 4. The van der Waals surface area contributed by atoms with Crippen molar-refractivity contribution in [3.05, 3.63) is 35.4 Å². The van der Waals surface area contributed by atoms with Gasteiger partial charge < -0.3 is 15.3 Å². The van der Waals surface area contributed by atoms with Crippen molar-refractivity contribution in [2.24, 2.45) is 0 Å². The summed E-state index contributed by atoms with van der Waals surface area (Å²) >= 11 is 0. The molecule has 2 atom stereocenters. The number of rotatable bonds is 4. The number of carbonyl (C=O) groups is 1. The SMILES string of the molecule is Cc1ccc(C(=O)C(O)C(O)CO)cc1. The normalized spacial score (nSPS) is 14.7. The average molecular weight is 210 g/mol. The van der Waals surface area contributed by atoms with Crippen molar-refractivity contribution in [2.75, 3.05) is 6.61 Å². The lowest BCUT2D eigenvalue weighted by Crippen LogP contribution is -2.36. The van der Waals surface area contributed by atoms with E-state index in [0.717, 1.165) is 5.56 Å². The zero-order valence-corrected chi connectivity index (χ0v) is 8.42. The molecule has 0 aliphatic carbocycles.